The molecule has 1 aliphatic heterocycles. The number of sulfonamides is 1. The zero-order chi connectivity index (χ0) is 14.8. The summed E-state index contributed by atoms with van der Waals surface area (Å²) in [5.41, 5.74) is 1.57. The van der Waals surface area contributed by atoms with E-state index in [-0.39, 0.29) is 6.04 Å². The highest BCUT2D eigenvalue weighted by molar-refractivity contribution is 7.89. The van der Waals surface area contributed by atoms with E-state index in [1.165, 1.54) is 0 Å². The molecule has 1 heterocycles. The first-order valence-corrected chi connectivity index (χ1v) is 8.73. The molecule has 1 saturated heterocycles. The molecule has 0 amide bonds. The predicted molar refractivity (Wildman–Crippen MR) is 79.5 cm³/mol. The summed E-state index contributed by atoms with van der Waals surface area (Å²) >= 11 is 5.81. The van der Waals surface area contributed by atoms with E-state index in [1.807, 2.05) is 26.0 Å². The minimum absolute atomic E-state index is 0.0900. The summed E-state index contributed by atoms with van der Waals surface area (Å²) in [7, 11) is -3.49. The van der Waals surface area contributed by atoms with Gasteiger partial charge in [-0.2, -0.15) is 4.31 Å². The minimum atomic E-state index is -3.49. The number of aryl methyl sites for hydroxylation is 1. The van der Waals surface area contributed by atoms with Crippen LogP contribution in [0.3, 0.4) is 0 Å². The zero-order valence-corrected chi connectivity index (χ0v) is 13.4. The molecule has 1 unspecified atom stereocenters. The Morgan fingerprint density at radius 2 is 2.20 bits per heavy atom. The Bertz CT molecular complexity index is 574. The van der Waals surface area contributed by atoms with Crippen LogP contribution in [-0.4, -0.2) is 38.5 Å². The third-order valence-electron chi connectivity index (χ3n) is 3.64. The number of hydrogen-bond acceptors (Lipinski definition) is 3. The van der Waals surface area contributed by atoms with Crippen molar-refractivity contribution >= 4 is 21.6 Å². The van der Waals surface area contributed by atoms with E-state index >= 15 is 0 Å². The van der Waals surface area contributed by atoms with E-state index in [4.69, 9.17) is 16.3 Å². The van der Waals surface area contributed by atoms with Crippen LogP contribution in [0.5, 0.6) is 0 Å². The lowest BCUT2D eigenvalue weighted by Gasteiger charge is -2.34. The van der Waals surface area contributed by atoms with Crippen LogP contribution in [0.4, 0.5) is 0 Å². The van der Waals surface area contributed by atoms with Gasteiger partial charge < -0.3 is 4.74 Å². The summed E-state index contributed by atoms with van der Waals surface area (Å²) in [6, 6.07) is 5.26. The second-order valence-electron chi connectivity index (χ2n) is 4.99. The highest BCUT2D eigenvalue weighted by Gasteiger charge is 2.33. The van der Waals surface area contributed by atoms with Crippen molar-refractivity contribution in [3.8, 4) is 0 Å². The fraction of sp³-hybridized carbons (Fsp3) is 0.571. The van der Waals surface area contributed by atoms with Crippen LogP contribution in [0, 0.1) is 6.92 Å². The van der Waals surface area contributed by atoms with Crippen molar-refractivity contribution in [3.63, 3.8) is 0 Å². The standard InChI is InChI=1S/C14H20ClNO3S/c1-3-13-10-19-7-6-16(13)20(17,18)14-8-12(9-15)5-4-11(14)2/h4-5,8,13H,3,6-7,9-10H2,1-2H3. The Labute approximate surface area is 125 Å². The first-order chi connectivity index (χ1) is 9.50. The van der Waals surface area contributed by atoms with Gasteiger partial charge in [0.05, 0.1) is 18.1 Å². The SMILES string of the molecule is CCC1COCCN1S(=O)(=O)c1cc(CCl)ccc1C. The van der Waals surface area contributed by atoms with Crippen molar-refractivity contribution in [1.29, 1.82) is 0 Å². The number of rotatable bonds is 4. The highest BCUT2D eigenvalue weighted by Crippen LogP contribution is 2.26. The fourth-order valence-electron chi connectivity index (χ4n) is 2.41. The van der Waals surface area contributed by atoms with Gasteiger partial charge in [0.1, 0.15) is 0 Å². The number of nitrogens with zero attached hydrogens (tertiary/aromatic N) is 1. The second-order valence-corrected chi connectivity index (χ2v) is 7.11. The zero-order valence-electron chi connectivity index (χ0n) is 11.8. The van der Waals surface area contributed by atoms with Crippen LogP contribution >= 0.6 is 11.6 Å². The average molecular weight is 318 g/mol. The third-order valence-corrected chi connectivity index (χ3v) is 6.04. The van der Waals surface area contributed by atoms with E-state index in [0.29, 0.717) is 30.5 Å². The Kier molecular flexibility index (Phi) is 5.07. The van der Waals surface area contributed by atoms with E-state index < -0.39 is 10.0 Å². The van der Waals surface area contributed by atoms with Gasteiger partial charge in [-0.1, -0.05) is 19.1 Å². The largest absolute Gasteiger partial charge is 0.378 e. The Morgan fingerprint density at radius 1 is 1.45 bits per heavy atom. The molecule has 1 aromatic carbocycles. The molecule has 20 heavy (non-hydrogen) atoms. The van der Waals surface area contributed by atoms with Gasteiger partial charge in [0.2, 0.25) is 10.0 Å². The van der Waals surface area contributed by atoms with Gasteiger partial charge in [-0.25, -0.2) is 8.42 Å². The molecule has 0 radical (unpaired) electrons. The molecule has 0 spiro atoms. The fourth-order valence-corrected chi connectivity index (χ4v) is 4.52. The summed E-state index contributed by atoms with van der Waals surface area (Å²) < 4.78 is 32.7. The van der Waals surface area contributed by atoms with Crippen LogP contribution in [0.2, 0.25) is 0 Å². The van der Waals surface area contributed by atoms with Crippen LogP contribution in [0.15, 0.2) is 23.1 Å². The Balaban J connectivity index is 2.43. The van der Waals surface area contributed by atoms with Crippen molar-refractivity contribution in [3.05, 3.63) is 29.3 Å². The normalized spacial score (nSPS) is 21.1. The minimum Gasteiger partial charge on any atom is -0.378 e. The van der Waals surface area contributed by atoms with Gasteiger partial charge in [-0.15, -0.1) is 11.6 Å². The van der Waals surface area contributed by atoms with E-state index in [1.54, 1.807) is 10.4 Å². The number of hydrogen-bond donors (Lipinski definition) is 0. The molecule has 112 valence electrons. The molecular formula is C14H20ClNO3S. The van der Waals surface area contributed by atoms with Crippen LogP contribution < -0.4 is 0 Å². The molecule has 6 heteroatoms. The Morgan fingerprint density at radius 3 is 2.85 bits per heavy atom. The number of morpholine rings is 1. The van der Waals surface area contributed by atoms with Gasteiger partial charge in [0.25, 0.3) is 0 Å². The van der Waals surface area contributed by atoms with Crippen molar-refractivity contribution < 1.29 is 13.2 Å². The molecule has 0 saturated carbocycles. The Hall–Kier alpha value is -0.620. The van der Waals surface area contributed by atoms with E-state index in [2.05, 4.69) is 0 Å². The van der Waals surface area contributed by atoms with Crippen molar-refractivity contribution in [2.45, 2.75) is 37.1 Å². The first-order valence-electron chi connectivity index (χ1n) is 6.75. The van der Waals surface area contributed by atoms with Gasteiger partial charge in [0.15, 0.2) is 0 Å². The topological polar surface area (TPSA) is 46.6 Å². The second kappa shape index (κ2) is 6.43. The molecule has 4 nitrogen and oxygen atoms in total. The molecule has 0 N–H and O–H groups in total. The predicted octanol–water partition coefficient (Wildman–Crippen LogP) is 2.53. The number of benzene rings is 1. The molecule has 1 atom stereocenters. The highest BCUT2D eigenvalue weighted by atomic mass is 35.5. The van der Waals surface area contributed by atoms with E-state index in [0.717, 1.165) is 17.5 Å². The third kappa shape index (κ3) is 3.01. The van der Waals surface area contributed by atoms with Gasteiger partial charge in [-0.3, -0.25) is 0 Å². The van der Waals surface area contributed by atoms with Crippen LogP contribution in [-0.2, 0) is 20.6 Å². The maximum Gasteiger partial charge on any atom is 0.243 e. The number of ether oxygens (including phenoxy) is 1. The van der Waals surface area contributed by atoms with Gasteiger partial charge in [-0.05, 0) is 30.5 Å². The molecule has 0 aliphatic carbocycles. The number of halogens is 1. The molecular weight excluding hydrogens is 298 g/mol. The molecule has 0 bridgehead atoms. The molecule has 2 rings (SSSR count). The maximum absolute atomic E-state index is 12.9. The lowest BCUT2D eigenvalue weighted by Crippen LogP contribution is -2.48. The summed E-state index contributed by atoms with van der Waals surface area (Å²) in [6.45, 7) is 5.11. The van der Waals surface area contributed by atoms with Crippen LogP contribution in [0.25, 0.3) is 0 Å². The quantitative estimate of drug-likeness (QED) is 0.802. The van der Waals surface area contributed by atoms with Crippen molar-refractivity contribution in [2.24, 2.45) is 0 Å². The molecule has 0 aromatic heterocycles. The summed E-state index contributed by atoms with van der Waals surface area (Å²) in [5, 5.41) is 0. The maximum atomic E-state index is 12.9. The first kappa shape index (κ1) is 15.8. The lowest BCUT2D eigenvalue weighted by molar-refractivity contribution is 0.0314. The molecule has 1 fully saturated rings. The van der Waals surface area contributed by atoms with Gasteiger partial charge >= 0.3 is 0 Å². The van der Waals surface area contributed by atoms with Gasteiger partial charge in [0, 0.05) is 18.5 Å². The smallest absolute Gasteiger partial charge is 0.243 e. The summed E-state index contributed by atoms with van der Waals surface area (Å²) in [6.07, 6.45) is 0.744. The van der Waals surface area contributed by atoms with Crippen molar-refractivity contribution in [2.75, 3.05) is 19.8 Å². The average Bonchev–Trinajstić information content (AvgIpc) is 2.47. The van der Waals surface area contributed by atoms with Crippen LogP contribution in [0.1, 0.15) is 24.5 Å². The molecule has 1 aromatic rings. The summed E-state index contributed by atoms with van der Waals surface area (Å²) in [5.74, 6) is 0.309. The van der Waals surface area contributed by atoms with E-state index in [9.17, 15) is 8.42 Å². The molecule has 1 aliphatic rings. The van der Waals surface area contributed by atoms with Crippen molar-refractivity contribution in [1.82, 2.24) is 4.31 Å². The number of alkyl halides is 1. The summed E-state index contributed by atoms with van der Waals surface area (Å²) in [4.78, 5) is 0.357. The lowest BCUT2D eigenvalue weighted by atomic mass is 10.2. The monoisotopic (exact) mass is 317 g/mol.